The molecule has 6 nitrogen and oxygen atoms in total. The fourth-order valence-electron chi connectivity index (χ4n) is 0.240. The van der Waals surface area contributed by atoms with Gasteiger partial charge in [-0.1, -0.05) is 34.8 Å². The average Bonchev–Trinajstić information content (AvgIpc) is 1.52. The smallest absolute Gasteiger partial charge is 0.270 e. The molecule has 0 aliphatic heterocycles. The number of alkyl halides is 3. The van der Waals surface area contributed by atoms with Crippen LogP contribution in [0.25, 0.3) is 0 Å². The zero-order valence-corrected chi connectivity index (χ0v) is 9.35. The van der Waals surface area contributed by atoms with Gasteiger partial charge in [-0.15, -0.1) is 4.49 Å². The van der Waals surface area contributed by atoms with Crippen LogP contribution in [0.1, 0.15) is 0 Å². The third kappa shape index (κ3) is 4.25. The Kier molecular flexibility index (Phi) is 3.87. The molecule has 0 bridgehead atoms. The predicted molar refractivity (Wildman–Crippen MR) is 48.3 cm³/mol. The molecule has 0 atom stereocenters. The molecular formula is CH5Cl3N3O3PS. The number of hydrogen-bond donors (Lipinski definition) is 3. The van der Waals surface area contributed by atoms with Gasteiger partial charge in [0, 0.05) is 0 Å². The van der Waals surface area contributed by atoms with Gasteiger partial charge < -0.3 is 0 Å². The second-order valence-electron chi connectivity index (χ2n) is 1.75. The lowest BCUT2D eigenvalue weighted by molar-refractivity contribution is 0.567. The maximum absolute atomic E-state index is 10.8. The Labute approximate surface area is 84.1 Å². The van der Waals surface area contributed by atoms with Crippen LogP contribution < -0.4 is 15.5 Å². The zero-order chi connectivity index (χ0) is 10.2. The molecule has 11 heteroatoms. The minimum Gasteiger partial charge on any atom is -0.270 e. The molecule has 0 amide bonds. The number of sulfonamides is 1. The van der Waals surface area contributed by atoms with Crippen LogP contribution >= 0.6 is 42.4 Å². The van der Waals surface area contributed by atoms with E-state index < -0.39 is 20.7 Å². The van der Waals surface area contributed by atoms with Gasteiger partial charge in [-0.25, -0.2) is 8.42 Å². The summed E-state index contributed by atoms with van der Waals surface area (Å²) in [6.07, 6.45) is 0. The highest BCUT2D eigenvalue weighted by molar-refractivity contribution is 8.00. The molecule has 12 heavy (non-hydrogen) atoms. The van der Waals surface area contributed by atoms with Gasteiger partial charge in [0.05, 0.1) is 0 Å². The second-order valence-corrected chi connectivity index (χ2v) is 8.47. The minimum absolute atomic E-state index is 1.32. The summed E-state index contributed by atoms with van der Waals surface area (Å²) < 4.78 is 30.9. The lowest BCUT2D eigenvalue weighted by Gasteiger charge is -2.14. The summed E-state index contributed by atoms with van der Waals surface area (Å²) in [5, 5.41) is 0. The topological polar surface area (TPSA) is 115 Å². The van der Waals surface area contributed by atoms with E-state index in [2.05, 4.69) is 11.0 Å². The molecule has 0 spiro atoms. The van der Waals surface area contributed by atoms with Crippen LogP contribution in [0, 0.1) is 0 Å². The van der Waals surface area contributed by atoms with Crippen molar-refractivity contribution in [1.82, 2.24) is 4.49 Å². The van der Waals surface area contributed by atoms with Crippen molar-refractivity contribution in [2.24, 2.45) is 11.0 Å². The highest BCUT2D eigenvalue weighted by Gasteiger charge is 2.40. The van der Waals surface area contributed by atoms with Crippen LogP contribution in [0.15, 0.2) is 0 Å². The van der Waals surface area contributed by atoms with Gasteiger partial charge in [-0.2, -0.15) is 0 Å². The van der Waals surface area contributed by atoms with Gasteiger partial charge in [-0.3, -0.25) is 15.6 Å². The van der Waals surface area contributed by atoms with E-state index in [0.717, 1.165) is 0 Å². The monoisotopic (exact) mass is 275 g/mol. The predicted octanol–water partition coefficient (Wildman–Crippen LogP) is 0.259. The van der Waals surface area contributed by atoms with Gasteiger partial charge in [0.25, 0.3) is 17.6 Å². The van der Waals surface area contributed by atoms with Gasteiger partial charge in [0.15, 0.2) is 0 Å². The van der Waals surface area contributed by atoms with Crippen LogP contribution in [0.4, 0.5) is 0 Å². The summed E-state index contributed by atoms with van der Waals surface area (Å²) in [6.45, 7) is 0. The standard InChI is InChI=1S/CH5Cl3N3O3PS/c2-1(3,4)12(9,10)7-11(5,6)8/h(H5,5,6,7,8). The molecule has 0 saturated heterocycles. The van der Waals surface area contributed by atoms with E-state index >= 15 is 0 Å². The maximum atomic E-state index is 10.8. The number of hydrogen-bond acceptors (Lipinski definition) is 3. The van der Waals surface area contributed by atoms with E-state index in [1.807, 2.05) is 0 Å². The van der Waals surface area contributed by atoms with E-state index in [1.54, 1.807) is 0 Å². The first-order valence-corrected chi connectivity index (χ1v) is 6.69. The highest BCUT2D eigenvalue weighted by Crippen LogP contribution is 2.35. The van der Waals surface area contributed by atoms with Crippen molar-refractivity contribution >= 4 is 52.4 Å². The van der Waals surface area contributed by atoms with E-state index in [4.69, 9.17) is 34.8 Å². The lowest BCUT2D eigenvalue weighted by atomic mass is 11.8. The Morgan fingerprint density at radius 2 is 1.58 bits per heavy atom. The van der Waals surface area contributed by atoms with Crippen LogP contribution in [-0.2, 0) is 14.6 Å². The Morgan fingerprint density at radius 3 is 1.67 bits per heavy atom. The van der Waals surface area contributed by atoms with Crippen molar-refractivity contribution in [2.75, 3.05) is 0 Å². The average molecular weight is 276 g/mol. The first-order chi connectivity index (χ1) is 4.96. The molecule has 0 fully saturated rings. The Morgan fingerprint density at radius 1 is 1.25 bits per heavy atom. The molecule has 0 radical (unpaired) electrons. The molecule has 0 aromatic carbocycles. The highest BCUT2D eigenvalue weighted by atomic mass is 35.6. The summed E-state index contributed by atoms with van der Waals surface area (Å²) in [4.78, 5) is 0. The van der Waals surface area contributed by atoms with Gasteiger partial charge in [-0.05, 0) is 0 Å². The van der Waals surface area contributed by atoms with E-state index in [0.29, 0.717) is 0 Å². The quantitative estimate of drug-likeness (QED) is 0.494. The molecule has 5 N–H and O–H groups in total. The lowest BCUT2D eigenvalue weighted by Crippen LogP contribution is -2.36. The molecule has 0 unspecified atom stereocenters. The van der Waals surface area contributed by atoms with Gasteiger partial charge in [0.1, 0.15) is 0 Å². The summed E-state index contributed by atoms with van der Waals surface area (Å²) in [6, 6.07) is 0. The van der Waals surface area contributed by atoms with Crippen LogP contribution in [0.5, 0.6) is 0 Å². The second kappa shape index (κ2) is 3.59. The Balaban J connectivity index is 4.83. The van der Waals surface area contributed by atoms with E-state index in [1.165, 1.54) is 4.49 Å². The summed E-state index contributed by atoms with van der Waals surface area (Å²) in [7, 11) is -8.40. The fourth-order valence-corrected chi connectivity index (χ4v) is 3.09. The van der Waals surface area contributed by atoms with Crippen LogP contribution in [0.2, 0.25) is 0 Å². The Bertz CT molecular complexity index is 301. The molecule has 0 saturated carbocycles. The minimum atomic E-state index is -4.42. The maximum Gasteiger partial charge on any atom is 0.307 e. The number of halogens is 3. The summed E-state index contributed by atoms with van der Waals surface area (Å²) in [5.74, 6) is 0. The molecule has 0 heterocycles. The largest absolute Gasteiger partial charge is 0.307 e. The molecule has 0 aliphatic carbocycles. The fraction of sp³-hybridized carbons (Fsp3) is 1.00. The van der Waals surface area contributed by atoms with Gasteiger partial charge in [0.2, 0.25) is 0 Å². The molecule has 0 aromatic rings. The summed E-state index contributed by atoms with van der Waals surface area (Å²) in [5.41, 5.74) is 9.37. The van der Waals surface area contributed by atoms with Crippen molar-refractivity contribution in [2.45, 2.75) is 3.12 Å². The number of rotatable bonds is 2. The molecule has 0 aliphatic rings. The van der Waals surface area contributed by atoms with Crippen molar-refractivity contribution < 1.29 is 13.0 Å². The molecule has 0 rings (SSSR count). The Hall–Kier alpha value is 0.930. The zero-order valence-electron chi connectivity index (χ0n) is 5.37. The summed E-state index contributed by atoms with van der Waals surface area (Å²) >= 11 is 14.9. The van der Waals surface area contributed by atoms with E-state index in [9.17, 15) is 13.0 Å². The molecule has 74 valence electrons. The van der Waals surface area contributed by atoms with Crippen LogP contribution in [0.3, 0.4) is 0 Å². The normalized spacial score (nSPS) is 14.8. The van der Waals surface area contributed by atoms with Gasteiger partial charge >= 0.3 is 3.12 Å². The van der Waals surface area contributed by atoms with Crippen molar-refractivity contribution in [1.29, 1.82) is 0 Å². The molecule has 0 aromatic heterocycles. The SMILES string of the molecule is NP(N)(=O)NS(=O)(=O)C(Cl)(Cl)Cl. The molecular weight excluding hydrogens is 271 g/mol. The van der Waals surface area contributed by atoms with Crippen molar-refractivity contribution in [3.63, 3.8) is 0 Å². The third-order valence-electron chi connectivity index (χ3n) is 0.568. The van der Waals surface area contributed by atoms with Crippen molar-refractivity contribution in [3.8, 4) is 0 Å². The third-order valence-corrected chi connectivity index (χ3v) is 5.11. The van der Waals surface area contributed by atoms with E-state index in [-0.39, 0.29) is 0 Å². The van der Waals surface area contributed by atoms with Crippen molar-refractivity contribution in [3.05, 3.63) is 0 Å². The first kappa shape index (κ1) is 12.9. The van der Waals surface area contributed by atoms with Crippen LogP contribution in [-0.4, -0.2) is 11.5 Å². The first-order valence-electron chi connectivity index (χ1n) is 2.23. The number of nitrogens with two attached hydrogens (primary N) is 2. The number of nitrogens with one attached hydrogen (secondary N) is 1.